The van der Waals surface area contributed by atoms with Gasteiger partial charge >= 0.3 is 0 Å². The van der Waals surface area contributed by atoms with Gasteiger partial charge in [-0.2, -0.15) is 0 Å². The number of benzene rings is 1. The third-order valence-corrected chi connectivity index (χ3v) is 3.10. The molecule has 3 heteroatoms. The number of aliphatic hydroxyl groups excluding tert-OH is 1. The number of rotatable bonds is 4. The van der Waals surface area contributed by atoms with E-state index in [1.807, 2.05) is 24.3 Å². The summed E-state index contributed by atoms with van der Waals surface area (Å²) in [6.07, 6.45) is 2.22. The highest BCUT2D eigenvalue weighted by Gasteiger charge is 2.19. The van der Waals surface area contributed by atoms with Crippen molar-refractivity contribution < 1.29 is 9.90 Å². The summed E-state index contributed by atoms with van der Waals surface area (Å²) in [4.78, 5) is 12.1. The number of amides is 1. The van der Waals surface area contributed by atoms with Crippen molar-refractivity contribution >= 4 is 11.5 Å². The van der Waals surface area contributed by atoms with Crippen LogP contribution >= 0.6 is 0 Å². The van der Waals surface area contributed by atoms with Crippen molar-refractivity contribution in [2.24, 2.45) is 5.41 Å². The fraction of sp³-hybridized carbons (Fsp3) is 0.500. The molecule has 0 fully saturated rings. The van der Waals surface area contributed by atoms with E-state index in [9.17, 15) is 9.90 Å². The lowest BCUT2D eigenvalue weighted by atomic mass is 9.91. The second kappa shape index (κ2) is 6.44. The summed E-state index contributed by atoms with van der Waals surface area (Å²) in [6.45, 7) is 12.0. The predicted octanol–water partition coefficient (Wildman–Crippen LogP) is 3.64. The summed E-state index contributed by atoms with van der Waals surface area (Å²) in [6, 6.07) is 7.55. The van der Waals surface area contributed by atoms with Gasteiger partial charge in [-0.3, -0.25) is 4.79 Å². The smallest absolute Gasteiger partial charge is 0.251 e. The summed E-state index contributed by atoms with van der Waals surface area (Å²) < 4.78 is 0. The minimum Gasteiger partial charge on any atom is -0.394 e. The maximum atomic E-state index is 12.1. The number of hydrogen-bond acceptors (Lipinski definition) is 2. The predicted molar refractivity (Wildman–Crippen MR) is 88.2 cm³/mol. The summed E-state index contributed by atoms with van der Waals surface area (Å²) in [5, 5.41) is 12.0. The highest BCUT2D eigenvalue weighted by molar-refractivity contribution is 5.95. The first-order valence-corrected chi connectivity index (χ1v) is 7.27. The quantitative estimate of drug-likeness (QED) is 0.889. The maximum Gasteiger partial charge on any atom is 0.251 e. The lowest BCUT2D eigenvalue weighted by Crippen LogP contribution is -2.46. The molecule has 1 aromatic rings. The molecule has 1 amide bonds. The zero-order valence-corrected chi connectivity index (χ0v) is 13.9. The summed E-state index contributed by atoms with van der Waals surface area (Å²) in [5.41, 5.74) is 2.43. The Kier molecular flexibility index (Phi) is 5.35. The number of aliphatic hydroxyl groups is 1. The third-order valence-electron chi connectivity index (χ3n) is 3.10. The Morgan fingerprint density at radius 3 is 2.00 bits per heavy atom. The van der Waals surface area contributed by atoms with Crippen LogP contribution in [0.25, 0.3) is 5.57 Å². The van der Waals surface area contributed by atoms with Crippen LogP contribution in [0.5, 0.6) is 0 Å². The first kappa shape index (κ1) is 17.4. The third kappa shape index (κ3) is 5.72. The van der Waals surface area contributed by atoms with Crippen molar-refractivity contribution in [3.63, 3.8) is 0 Å². The number of carbonyl (C=O) groups excluding carboxylic acids is 1. The number of nitrogens with one attached hydrogen (secondary N) is 1. The molecule has 3 nitrogen and oxygen atoms in total. The van der Waals surface area contributed by atoms with Gasteiger partial charge in [-0.05, 0) is 49.5 Å². The summed E-state index contributed by atoms with van der Waals surface area (Å²) in [5.74, 6) is -0.168. The second-order valence-electron chi connectivity index (χ2n) is 7.27. The van der Waals surface area contributed by atoms with Gasteiger partial charge < -0.3 is 10.4 Å². The molecule has 1 aromatic carbocycles. The molecule has 0 heterocycles. The number of carbonyl (C=O) groups is 1. The van der Waals surface area contributed by atoms with E-state index in [2.05, 4.69) is 39.1 Å². The Bertz CT molecular complexity index is 519. The molecule has 0 atom stereocenters. The summed E-state index contributed by atoms with van der Waals surface area (Å²) in [7, 11) is 0. The number of hydrogen-bond donors (Lipinski definition) is 2. The van der Waals surface area contributed by atoms with Gasteiger partial charge in [-0.25, -0.2) is 0 Å². The Morgan fingerprint density at radius 2 is 1.57 bits per heavy atom. The van der Waals surface area contributed by atoms with E-state index < -0.39 is 5.54 Å². The van der Waals surface area contributed by atoms with E-state index >= 15 is 0 Å². The second-order valence-corrected chi connectivity index (χ2v) is 7.27. The van der Waals surface area contributed by atoms with Crippen LogP contribution in [0.1, 0.15) is 57.5 Å². The normalized spacial score (nSPS) is 13.2. The highest BCUT2D eigenvalue weighted by atomic mass is 16.3. The van der Waals surface area contributed by atoms with Gasteiger partial charge in [-0.1, -0.05) is 39.0 Å². The van der Waals surface area contributed by atoms with Crippen LogP contribution in [0.2, 0.25) is 0 Å². The molecular weight excluding hydrogens is 262 g/mol. The molecule has 0 spiro atoms. The average Bonchev–Trinajstić information content (AvgIpc) is 2.36. The van der Waals surface area contributed by atoms with Crippen molar-refractivity contribution in [3.05, 3.63) is 41.5 Å². The molecule has 116 valence electrons. The van der Waals surface area contributed by atoms with Gasteiger partial charge in [0.05, 0.1) is 12.1 Å². The molecule has 0 aliphatic heterocycles. The van der Waals surface area contributed by atoms with Crippen molar-refractivity contribution in [1.82, 2.24) is 5.32 Å². The van der Waals surface area contributed by atoms with Gasteiger partial charge in [0.1, 0.15) is 0 Å². The van der Waals surface area contributed by atoms with E-state index in [0.29, 0.717) is 5.56 Å². The van der Waals surface area contributed by atoms with E-state index in [1.54, 1.807) is 13.8 Å². The van der Waals surface area contributed by atoms with Crippen molar-refractivity contribution in [1.29, 1.82) is 0 Å². The molecule has 0 saturated heterocycles. The SMILES string of the molecule is CC(=CC(C)(C)C)c1ccc(C(=O)NC(C)(C)CO)cc1. The first-order chi connectivity index (χ1) is 9.54. The average molecular weight is 289 g/mol. The van der Waals surface area contributed by atoms with Crippen molar-refractivity contribution in [2.45, 2.75) is 47.1 Å². The van der Waals surface area contributed by atoms with Gasteiger partial charge in [0.25, 0.3) is 5.91 Å². The van der Waals surface area contributed by atoms with E-state index in [-0.39, 0.29) is 17.9 Å². The maximum absolute atomic E-state index is 12.1. The Balaban J connectivity index is 2.88. The van der Waals surface area contributed by atoms with E-state index in [1.165, 1.54) is 5.57 Å². The Hall–Kier alpha value is -1.61. The summed E-state index contributed by atoms with van der Waals surface area (Å²) >= 11 is 0. The molecule has 0 bridgehead atoms. The van der Waals surface area contributed by atoms with Crippen LogP contribution in [0.4, 0.5) is 0 Å². The zero-order valence-electron chi connectivity index (χ0n) is 13.9. The molecular formula is C18H27NO2. The molecule has 2 N–H and O–H groups in total. The van der Waals surface area contributed by atoms with Gasteiger partial charge in [0.2, 0.25) is 0 Å². The minimum absolute atomic E-state index is 0.0930. The lowest BCUT2D eigenvalue weighted by Gasteiger charge is -2.23. The first-order valence-electron chi connectivity index (χ1n) is 7.27. The van der Waals surface area contributed by atoms with Crippen LogP contribution < -0.4 is 5.32 Å². The van der Waals surface area contributed by atoms with Gasteiger partial charge in [0, 0.05) is 5.56 Å². The van der Waals surface area contributed by atoms with Crippen LogP contribution in [-0.4, -0.2) is 23.2 Å². The molecule has 0 aromatic heterocycles. The van der Waals surface area contributed by atoms with Crippen molar-refractivity contribution in [2.75, 3.05) is 6.61 Å². The topological polar surface area (TPSA) is 49.3 Å². The van der Waals surface area contributed by atoms with Crippen LogP contribution in [0.3, 0.4) is 0 Å². The van der Waals surface area contributed by atoms with E-state index in [0.717, 1.165) is 5.56 Å². The zero-order chi connectivity index (χ0) is 16.3. The van der Waals surface area contributed by atoms with Crippen LogP contribution in [0.15, 0.2) is 30.3 Å². The van der Waals surface area contributed by atoms with Gasteiger partial charge in [-0.15, -0.1) is 0 Å². The molecule has 0 radical (unpaired) electrons. The van der Waals surface area contributed by atoms with Crippen LogP contribution in [-0.2, 0) is 0 Å². The fourth-order valence-electron chi connectivity index (χ4n) is 2.04. The highest BCUT2D eigenvalue weighted by Crippen LogP contribution is 2.23. The minimum atomic E-state index is -0.613. The van der Waals surface area contributed by atoms with Crippen LogP contribution in [0, 0.1) is 5.41 Å². The van der Waals surface area contributed by atoms with E-state index in [4.69, 9.17) is 0 Å². The largest absolute Gasteiger partial charge is 0.394 e. The standard InChI is InChI=1S/C18H27NO2/c1-13(11-17(2,3)4)14-7-9-15(10-8-14)16(21)19-18(5,6)12-20/h7-11,20H,12H2,1-6H3,(H,19,21). The fourth-order valence-corrected chi connectivity index (χ4v) is 2.04. The Morgan fingerprint density at radius 1 is 1.10 bits per heavy atom. The number of allylic oxidation sites excluding steroid dienone is 2. The Labute approximate surface area is 128 Å². The van der Waals surface area contributed by atoms with Gasteiger partial charge in [0.15, 0.2) is 0 Å². The molecule has 0 aliphatic rings. The molecule has 21 heavy (non-hydrogen) atoms. The molecule has 0 unspecified atom stereocenters. The molecule has 0 saturated carbocycles. The monoisotopic (exact) mass is 289 g/mol. The van der Waals surface area contributed by atoms with Crippen molar-refractivity contribution in [3.8, 4) is 0 Å². The molecule has 0 aliphatic carbocycles. The lowest BCUT2D eigenvalue weighted by molar-refractivity contribution is 0.0869. The molecule has 1 rings (SSSR count).